The zero-order chi connectivity index (χ0) is 38.6. The molecule has 0 spiro atoms. The summed E-state index contributed by atoms with van der Waals surface area (Å²) in [5.74, 6) is 0.172. The van der Waals surface area contributed by atoms with Crippen molar-refractivity contribution in [1.29, 1.82) is 0 Å². The van der Waals surface area contributed by atoms with Crippen LogP contribution >= 0.6 is 0 Å². The Morgan fingerprint density at radius 3 is 1.49 bits per heavy atom. The fourth-order valence-electron chi connectivity index (χ4n) is 10.4. The molecule has 3 heterocycles. The Balaban J connectivity index is 1.04. The van der Waals surface area contributed by atoms with Gasteiger partial charge in [0.2, 0.25) is 0 Å². The van der Waals surface area contributed by atoms with Crippen molar-refractivity contribution < 1.29 is 0 Å². The summed E-state index contributed by atoms with van der Waals surface area (Å²) >= 11 is 0. The molecule has 13 rings (SSSR count). The molecule has 0 N–H and O–H groups in total. The molecular formula is C57H36N2. The smallest absolute Gasteiger partial charge is 0.0627 e. The number of nitrogens with zero attached hydrogens (tertiary/aromatic N) is 2. The van der Waals surface area contributed by atoms with Gasteiger partial charge in [0.25, 0.3) is 0 Å². The summed E-state index contributed by atoms with van der Waals surface area (Å²) in [5.41, 5.74) is 13.8. The lowest BCUT2D eigenvalue weighted by molar-refractivity contribution is 0.978. The predicted molar refractivity (Wildman–Crippen MR) is 250 cm³/mol. The van der Waals surface area contributed by atoms with E-state index in [0.29, 0.717) is 0 Å². The second-order valence-electron chi connectivity index (χ2n) is 16.0. The van der Waals surface area contributed by atoms with Crippen LogP contribution in [0.4, 0.5) is 0 Å². The van der Waals surface area contributed by atoms with Gasteiger partial charge in [0.15, 0.2) is 0 Å². The van der Waals surface area contributed by atoms with Gasteiger partial charge in [0.05, 0.1) is 27.6 Å². The third-order valence-electron chi connectivity index (χ3n) is 12.9. The number of aromatic nitrogens is 2. The predicted octanol–water partition coefficient (Wildman–Crippen LogP) is 15.1. The molecule has 10 aromatic carbocycles. The first-order chi connectivity index (χ1) is 29.3. The van der Waals surface area contributed by atoms with Crippen molar-refractivity contribution in [3.05, 3.63) is 229 Å². The van der Waals surface area contributed by atoms with Crippen molar-refractivity contribution >= 4 is 81.4 Å². The fraction of sp³-hybridized carbons (Fsp3) is 0.0175. The SMILES string of the molecule is c1ccc(C(c2ccccc2)c2ccc(-c3ccc(-n4c5cc6ccccc6cc5c5c6c7cccc8c9ccccc9n(c87)c6c6ccccc6c54)cc3)cc2)cc1. The second kappa shape index (κ2) is 12.4. The fourth-order valence-corrected chi connectivity index (χ4v) is 10.4. The molecule has 2 heteroatoms. The van der Waals surface area contributed by atoms with Crippen LogP contribution in [0.15, 0.2) is 212 Å². The van der Waals surface area contributed by atoms with Crippen LogP contribution in [0.1, 0.15) is 22.6 Å². The monoisotopic (exact) mass is 748 g/mol. The van der Waals surface area contributed by atoms with E-state index >= 15 is 0 Å². The highest BCUT2D eigenvalue weighted by Gasteiger charge is 2.26. The van der Waals surface area contributed by atoms with Crippen molar-refractivity contribution in [3.63, 3.8) is 0 Å². The van der Waals surface area contributed by atoms with Gasteiger partial charge in [-0.05, 0) is 68.9 Å². The van der Waals surface area contributed by atoms with Gasteiger partial charge < -0.3 is 8.97 Å². The molecule has 2 nitrogen and oxygen atoms in total. The van der Waals surface area contributed by atoms with E-state index < -0.39 is 0 Å². The van der Waals surface area contributed by atoms with E-state index in [1.165, 1.54) is 109 Å². The average Bonchev–Trinajstić information content (AvgIpc) is 3.95. The largest absolute Gasteiger partial charge is 0.309 e. The molecule has 0 saturated carbocycles. The molecule has 3 aromatic heterocycles. The molecule has 59 heavy (non-hydrogen) atoms. The van der Waals surface area contributed by atoms with Crippen molar-refractivity contribution in [3.8, 4) is 16.8 Å². The number of para-hydroxylation sites is 2. The summed E-state index contributed by atoms with van der Waals surface area (Å²) < 4.78 is 5.08. The van der Waals surface area contributed by atoms with E-state index in [1.54, 1.807) is 0 Å². The summed E-state index contributed by atoms with van der Waals surface area (Å²) in [6, 6.07) is 78.5. The zero-order valence-corrected chi connectivity index (χ0v) is 32.2. The minimum absolute atomic E-state index is 0.172. The van der Waals surface area contributed by atoms with E-state index in [4.69, 9.17) is 0 Å². The topological polar surface area (TPSA) is 9.34 Å². The van der Waals surface area contributed by atoms with E-state index in [9.17, 15) is 0 Å². The minimum atomic E-state index is 0.172. The highest BCUT2D eigenvalue weighted by atomic mass is 15.0. The molecule has 13 aromatic rings. The van der Waals surface area contributed by atoms with Gasteiger partial charge >= 0.3 is 0 Å². The maximum atomic E-state index is 2.54. The van der Waals surface area contributed by atoms with Gasteiger partial charge in [-0.15, -0.1) is 0 Å². The highest BCUT2D eigenvalue weighted by molar-refractivity contribution is 6.40. The maximum Gasteiger partial charge on any atom is 0.0627 e. The third kappa shape index (κ3) is 4.63. The highest BCUT2D eigenvalue weighted by Crippen LogP contribution is 2.49. The van der Waals surface area contributed by atoms with Gasteiger partial charge in [-0.1, -0.05) is 182 Å². The zero-order valence-electron chi connectivity index (χ0n) is 32.2. The number of fused-ring (bicyclic) bond motifs is 14. The molecule has 274 valence electrons. The molecule has 0 aliphatic heterocycles. The van der Waals surface area contributed by atoms with Gasteiger partial charge in [-0.25, -0.2) is 0 Å². The van der Waals surface area contributed by atoms with Crippen LogP contribution < -0.4 is 0 Å². The van der Waals surface area contributed by atoms with Gasteiger partial charge in [0.1, 0.15) is 0 Å². The summed E-state index contributed by atoms with van der Waals surface area (Å²) in [6.45, 7) is 0. The quantitative estimate of drug-likeness (QED) is 0.155. The van der Waals surface area contributed by atoms with E-state index in [2.05, 4.69) is 221 Å². The van der Waals surface area contributed by atoms with Crippen molar-refractivity contribution in [2.75, 3.05) is 0 Å². The lowest BCUT2D eigenvalue weighted by Crippen LogP contribution is -2.03. The van der Waals surface area contributed by atoms with Gasteiger partial charge in [0, 0.05) is 54.7 Å². The number of rotatable bonds is 5. The molecular weight excluding hydrogens is 713 g/mol. The second-order valence-corrected chi connectivity index (χ2v) is 16.0. The summed E-state index contributed by atoms with van der Waals surface area (Å²) in [5, 5.41) is 12.8. The van der Waals surface area contributed by atoms with Gasteiger partial charge in [-0.2, -0.15) is 0 Å². The molecule has 0 fully saturated rings. The van der Waals surface area contributed by atoms with Gasteiger partial charge in [-0.3, -0.25) is 0 Å². The number of hydrogen-bond acceptors (Lipinski definition) is 0. The van der Waals surface area contributed by atoms with Crippen LogP contribution in [-0.2, 0) is 0 Å². The Labute approximate surface area is 340 Å². The molecule has 0 aliphatic rings. The van der Waals surface area contributed by atoms with Crippen LogP contribution in [0.2, 0.25) is 0 Å². The van der Waals surface area contributed by atoms with E-state index in [-0.39, 0.29) is 5.92 Å². The Hall–Kier alpha value is -7.68. The lowest BCUT2D eigenvalue weighted by Gasteiger charge is -2.19. The van der Waals surface area contributed by atoms with Crippen molar-refractivity contribution in [2.24, 2.45) is 0 Å². The van der Waals surface area contributed by atoms with Crippen molar-refractivity contribution in [2.45, 2.75) is 5.92 Å². The number of hydrogen-bond donors (Lipinski definition) is 0. The Kier molecular flexibility index (Phi) is 6.82. The standard InChI is InChI=1S/C57H36N2/c1-3-14-38(15-4-1)52(39-16-5-2-6-17-39)40-28-26-36(27-29-40)37-30-32-43(33-31-37)58-51-35-42-19-8-7-18-41(42)34-49(51)54-53-48-24-13-23-45-44-20-11-12-25-50(44)59(55(45)48)57(53)47-22-10-9-21-46(47)56(54)58/h1-35,52H. The minimum Gasteiger partial charge on any atom is -0.309 e. The first-order valence-electron chi connectivity index (χ1n) is 20.6. The number of benzene rings is 10. The summed E-state index contributed by atoms with van der Waals surface area (Å²) in [4.78, 5) is 0. The lowest BCUT2D eigenvalue weighted by atomic mass is 9.84. The van der Waals surface area contributed by atoms with Crippen LogP contribution in [0.5, 0.6) is 0 Å². The Morgan fingerprint density at radius 1 is 0.305 bits per heavy atom. The average molecular weight is 749 g/mol. The first kappa shape index (κ1) is 32.4. The normalized spacial score (nSPS) is 12.2. The third-order valence-corrected chi connectivity index (χ3v) is 12.9. The molecule has 0 saturated heterocycles. The summed E-state index contributed by atoms with van der Waals surface area (Å²) in [6.07, 6.45) is 0. The summed E-state index contributed by atoms with van der Waals surface area (Å²) in [7, 11) is 0. The molecule has 0 unspecified atom stereocenters. The maximum absolute atomic E-state index is 2.54. The molecule has 0 atom stereocenters. The van der Waals surface area contributed by atoms with E-state index in [1.807, 2.05) is 0 Å². The Bertz CT molecular complexity index is 3700. The Morgan fingerprint density at radius 2 is 0.797 bits per heavy atom. The van der Waals surface area contributed by atoms with Crippen LogP contribution in [0.3, 0.4) is 0 Å². The molecule has 0 aliphatic carbocycles. The molecule has 0 amide bonds. The van der Waals surface area contributed by atoms with Crippen LogP contribution in [-0.4, -0.2) is 8.97 Å². The molecule has 0 bridgehead atoms. The first-order valence-corrected chi connectivity index (χ1v) is 20.6. The van der Waals surface area contributed by atoms with Crippen molar-refractivity contribution in [1.82, 2.24) is 8.97 Å². The van der Waals surface area contributed by atoms with Crippen LogP contribution in [0.25, 0.3) is 98.3 Å². The van der Waals surface area contributed by atoms with Crippen LogP contribution in [0, 0.1) is 0 Å². The van der Waals surface area contributed by atoms with E-state index in [0.717, 1.165) is 5.69 Å². The molecule has 0 radical (unpaired) electrons.